The van der Waals surface area contributed by atoms with Crippen LogP contribution >= 0.6 is 9.24 Å². The van der Waals surface area contributed by atoms with Crippen LogP contribution in [0.3, 0.4) is 0 Å². The Bertz CT molecular complexity index is 496. The zero-order valence-corrected chi connectivity index (χ0v) is 13.0. The van der Waals surface area contributed by atoms with Crippen molar-refractivity contribution in [2.45, 2.75) is 58.5 Å². The number of Topliss-reactive ketones (excluding diaryl/α,β-unsaturated/α-hetero) is 1. The highest BCUT2D eigenvalue weighted by Crippen LogP contribution is 2.41. The third kappa shape index (κ3) is 2.14. The Morgan fingerprint density at radius 3 is 2.17 bits per heavy atom. The Morgan fingerprint density at radius 2 is 1.61 bits per heavy atom. The maximum atomic E-state index is 12.9. The van der Waals surface area contributed by atoms with Gasteiger partial charge in [-0.2, -0.15) is 0 Å². The van der Waals surface area contributed by atoms with Crippen molar-refractivity contribution in [1.82, 2.24) is 0 Å². The first-order valence-electron chi connectivity index (χ1n) is 6.78. The summed E-state index contributed by atoms with van der Waals surface area (Å²) >= 11 is 0. The second-order valence-corrected chi connectivity index (χ2v) is 6.93. The third-order valence-electron chi connectivity index (χ3n) is 4.53. The number of carbonyl (C=O) groups is 1. The fraction of sp³-hybridized carbons (Fsp3) is 0.562. The summed E-state index contributed by atoms with van der Waals surface area (Å²) in [5.74, 6) is 0.336. The van der Waals surface area contributed by atoms with Crippen LogP contribution in [0.5, 0.6) is 0 Å². The normalized spacial score (nSPS) is 18.1. The first-order valence-corrected chi connectivity index (χ1v) is 7.35. The highest BCUT2D eigenvalue weighted by molar-refractivity contribution is 7.21. The molecule has 0 aliphatic heterocycles. The molecule has 1 aromatic carbocycles. The molecular weight excluding hydrogens is 239 g/mol. The van der Waals surface area contributed by atoms with Crippen molar-refractivity contribution < 1.29 is 4.79 Å². The molecule has 1 aliphatic carbocycles. The Kier molecular flexibility index (Phi) is 3.65. The van der Waals surface area contributed by atoms with Crippen LogP contribution in [0.2, 0.25) is 0 Å². The number of hydrogen-bond acceptors (Lipinski definition) is 1. The second kappa shape index (κ2) is 4.78. The average molecular weight is 262 g/mol. The third-order valence-corrected chi connectivity index (χ3v) is 5.37. The summed E-state index contributed by atoms with van der Waals surface area (Å²) in [6.07, 6.45) is 4.39. The topological polar surface area (TPSA) is 17.1 Å². The SMILES string of the molecule is Cc1cc(C)c(C(=O)C2(P)CCCC2)c(C)c1C. The molecule has 0 radical (unpaired) electrons. The molecule has 1 aromatic rings. The quantitative estimate of drug-likeness (QED) is 0.574. The van der Waals surface area contributed by atoms with Gasteiger partial charge in [0.2, 0.25) is 0 Å². The fourth-order valence-corrected chi connectivity index (χ4v) is 3.67. The van der Waals surface area contributed by atoms with Gasteiger partial charge in [-0.15, -0.1) is 9.24 Å². The minimum Gasteiger partial charge on any atom is -0.293 e. The zero-order chi connectivity index (χ0) is 13.5. The Morgan fingerprint density at radius 1 is 1.06 bits per heavy atom. The lowest BCUT2D eigenvalue weighted by Gasteiger charge is -2.25. The highest BCUT2D eigenvalue weighted by atomic mass is 31.0. The minimum absolute atomic E-state index is 0.197. The summed E-state index contributed by atoms with van der Waals surface area (Å²) in [6.45, 7) is 8.39. The van der Waals surface area contributed by atoms with Crippen LogP contribution in [0, 0.1) is 27.7 Å². The Hall–Kier alpha value is -0.680. The molecule has 0 aromatic heterocycles. The molecule has 98 valence electrons. The predicted octanol–water partition coefficient (Wildman–Crippen LogP) is 4.29. The molecule has 2 heteroatoms. The van der Waals surface area contributed by atoms with Crippen LogP contribution in [0.4, 0.5) is 0 Å². The summed E-state index contributed by atoms with van der Waals surface area (Å²) in [4.78, 5) is 12.9. The van der Waals surface area contributed by atoms with Crippen molar-refractivity contribution in [3.8, 4) is 0 Å². The van der Waals surface area contributed by atoms with E-state index in [1.54, 1.807) is 0 Å². The van der Waals surface area contributed by atoms with Gasteiger partial charge in [-0.1, -0.05) is 18.9 Å². The lowest BCUT2D eigenvalue weighted by atomic mass is 9.86. The zero-order valence-electron chi connectivity index (χ0n) is 11.9. The van der Waals surface area contributed by atoms with Gasteiger partial charge in [0.05, 0.1) is 0 Å². The monoisotopic (exact) mass is 262 g/mol. The van der Waals surface area contributed by atoms with E-state index >= 15 is 0 Å². The molecule has 18 heavy (non-hydrogen) atoms. The molecule has 0 saturated heterocycles. The maximum Gasteiger partial charge on any atom is 0.173 e. The lowest BCUT2D eigenvalue weighted by molar-refractivity contribution is 0.0943. The van der Waals surface area contributed by atoms with E-state index in [2.05, 4.69) is 43.0 Å². The van der Waals surface area contributed by atoms with Crippen molar-refractivity contribution in [1.29, 1.82) is 0 Å². The molecule has 0 amide bonds. The minimum atomic E-state index is -0.197. The van der Waals surface area contributed by atoms with Crippen molar-refractivity contribution in [2.75, 3.05) is 0 Å². The first kappa shape index (κ1) is 13.7. The van der Waals surface area contributed by atoms with Gasteiger partial charge in [0, 0.05) is 10.7 Å². The molecule has 1 atom stereocenters. The number of ketones is 1. The van der Waals surface area contributed by atoms with Crippen LogP contribution in [0.25, 0.3) is 0 Å². The molecule has 1 nitrogen and oxygen atoms in total. The van der Waals surface area contributed by atoms with E-state index < -0.39 is 0 Å². The van der Waals surface area contributed by atoms with E-state index in [0.29, 0.717) is 5.78 Å². The fourth-order valence-electron chi connectivity index (χ4n) is 3.12. The lowest BCUT2D eigenvalue weighted by Crippen LogP contribution is -2.30. The van der Waals surface area contributed by atoms with Crippen LogP contribution in [-0.4, -0.2) is 10.9 Å². The van der Waals surface area contributed by atoms with E-state index in [4.69, 9.17) is 0 Å². The van der Waals surface area contributed by atoms with Crippen molar-refractivity contribution in [3.63, 3.8) is 0 Å². The Balaban J connectivity index is 2.52. The molecule has 0 heterocycles. The number of carbonyl (C=O) groups excluding carboxylic acids is 1. The Labute approximate surface area is 113 Å². The van der Waals surface area contributed by atoms with Gasteiger partial charge >= 0.3 is 0 Å². The number of rotatable bonds is 2. The summed E-state index contributed by atoms with van der Waals surface area (Å²) in [5, 5.41) is -0.197. The standard InChI is InChI=1S/C16H23OP/c1-10-9-11(2)14(13(4)12(10)3)15(17)16(18)7-5-6-8-16/h9H,5-8,18H2,1-4H3. The average Bonchev–Trinajstić information content (AvgIpc) is 2.74. The molecule has 0 bridgehead atoms. The van der Waals surface area contributed by atoms with Crippen LogP contribution < -0.4 is 0 Å². The van der Waals surface area contributed by atoms with E-state index in [0.717, 1.165) is 24.0 Å². The van der Waals surface area contributed by atoms with E-state index in [9.17, 15) is 4.79 Å². The number of aryl methyl sites for hydroxylation is 2. The van der Waals surface area contributed by atoms with Crippen molar-refractivity contribution >= 4 is 15.0 Å². The maximum absolute atomic E-state index is 12.9. The molecule has 1 aliphatic rings. The van der Waals surface area contributed by atoms with Gasteiger partial charge in [0.1, 0.15) is 0 Å². The molecule has 1 fully saturated rings. The molecule has 0 spiro atoms. The second-order valence-electron chi connectivity index (χ2n) is 5.83. The number of hydrogen-bond donors (Lipinski definition) is 0. The van der Waals surface area contributed by atoms with E-state index in [1.165, 1.54) is 29.5 Å². The van der Waals surface area contributed by atoms with Gasteiger partial charge in [-0.25, -0.2) is 0 Å². The highest BCUT2D eigenvalue weighted by Gasteiger charge is 2.38. The summed E-state index contributed by atoms with van der Waals surface area (Å²) < 4.78 is 0. The van der Waals surface area contributed by atoms with Gasteiger partial charge in [-0.05, 0) is 62.8 Å². The molecule has 0 N–H and O–H groups in total. The molecular formula is C16H23OP. The smallest absolute Gasteiger partial charge is 0.173 e. The number of benzene rings is 1. The van der Waals surface area contributed by atoms with Crippen molar-refractivity contribution in [3.05, 3.63) is 33.9 Å². The van der Waals surface area contributed by atoms with Crippen molar-refractivity contribution in [2.24, 2.45) is 0 Å². The van der Waals surface area contributed by atoms with Gasteiger partial charge in [0.25, 0.3) is 0 Å². The largest absolute Gasteiger partial charge is 0.293 e. The summed E-state index contributed by atoms with van der Waals surface area (Å²) in [5.41, 5.74) is 5.82. The molecule has 1 saturated carbocycles. The molecule has 2 rings (SSSR count). The van der Waals surface area contributed by atoms with Crippen LogP contribution in [0.15, 0.2) is 6.07 Å². The summed E-state index contributed by atoms with van der Waals surface area (Å²) in [6, 6.07) is 2.15. The summed E-state index contributed by atoms with van der Waals surface area (Å²) in [7, 11) is 2.84. The van der Waals surface area contributed by atoms with Gasteiger partial charge in [-0.3, -0.25) is 4.79 Å². The van der Waals surface area contributed by atoms with Crippen LogP contribution in [-0.2, 0) is 0 Å². The molecule has 1 unspecified atom stereocenters. The van der Waals surface area contributed by atoms with E-state index in [-0.39, 0.29) is 5.16 Å². The van der Waals surface area contributed by atoms with Crippen LogP contribution in [0.1, 0.15) is 58.3 Å². The van der Waals surface area contributed by atoms with Gasteiger partial charge < -0.3 is 0 Å². The predicted molar refractivity (Wildman–Crippen MR) is 80.6 cm³/mol. The van der Waals surface area contributed by atoms with E-state index in [1.807, 2.05) is 0 Å². The van der Waals surface area contributed by atoms with Gasteiger partial charge in [0.15, 0.2) is 5.78 Å². The first-order chi connectivity index (χ1) is 8.37.